The largest absolute Gasteiger partial charge is 0.394 e. The highest BCUT2D eigenvalue weighted by Crippen LogP contribution is 2.30. The number of carbonyl (C=O) groups is 2. The SMILES string of the molecule is CC(C)CN1C(=O)COC(c2ccc(NC(=O)c3cccc(C#N)c3)cc2)C1CO. The van der Waals surface area contributed by atoms with Crippen molar-refractivity contribution < 1.29 is 19.4 Å². The molecule has 156 valence electrons. The second kappa shape index (κ2) is 9.53. The van der Waals surface area contributed by atoms with Crippen molar-refractivity contribution in [1.29, 1.82) is 5.26 Å². The van der Waals surface area contributed by atoms with Crippen LogP contribution in [0.4, 0.5) is 5.69 Å². The van der Waals surface area contributed by atoms with Gasteiger partial charge in [0.25, 0.3) is 5.91 Å². The van der Waals surface area contributed by atoms with Crippen LogP contribution in [-0.2, 0) is 9.53 Å². The first-order valence-electron chi connectivity index (χ1n) is 9.86. The van der Waals surface area contributed by atoms with E-state index in [1.54, 1.807) is 35.2 Å². The third-order valence-electron chi connectivity index (χ3n) is 4.96. The van der Waals surface area contributed by atoms with Gasteiger partial charge in [0.05, 0.1) is 24.3 Å². The van der Waals surface area contributed by atoms with Crippen molar-refractivity contribution in [1.82, 2.24) is 4.90 Å². The Labute approximate surface area is 175 Å². The number of amides is 2. The molecule has 2 unspecified atom stereocenters. The number of hydrogen-bond acceptors (Lipinski definition) is 5. The molecule has 0 aromatic heterocycles. The van der Waals surface area contributed by atoms with Crippen molar-refractivity contribution in [2.75, 3.05) is 25.1 Å². The molecule has 1 saturated heterocycles. The second-order valence-electron chi connectivity index (χ2n) is 7.69. The van der Waals surface area contributed by atoms with Gasteiger partial charge in [-0.05, 0) is 41.8 Å². The van der Waals surface area contributed by atoms with E-state index < -0.39 is 12.1 Å². The summed E-state index contributed by atoms with van der Waals surface area (Å²) in [6.07, 6.45) is -0.441. The number of morpholine rings is 1. The van der Waals surface area contributed by atoms with E-state index in [0.717, 1.165) is 5.56 Å². The van der Waals surface area contributed by atoms with Gasteiger partial charge in [-0.25, -0.2) is 0 Å². The molecular formula is C23H25N3O4. The zero-order valence-electron chi connectivity index (χ0n) is 17.0. The van der Waals surface area contributed by atoms with E-state index in [2.05, 4.69) is 5.32 Å². The van der Waals surface area contributed by atoms with Gasteiger partial charge in [-0.15, -0.1) is 0 Å². The van der Waals surface area contributed by atoms with Crippen molar-refractivity contribution in [3.8, 4) is 6.07 Å². The monoisotopic (exact) mass is 407 g/mol. The van der Waals surface area contributed by atoms with Gasteiger partial charge in [-0.2, -0.15) is 5.26 Å². The van der Waals surface area contributed by atoms with Crippen LogP contribution in [-0.4, -0.2) is 47.6 Å². The van der Waals surface area contributed by atoms with Crippen LogP contribution in [0.1, 0.15) is 41.4 Å². The highest BCUT2D eigenvalue weighted by Gasteiger charge is 2.37. The Kier molecular flexibility index (Phi) is 6.83. The Bertz CT molecular complexity index is 950. The van der Waals surface area contributed by atoms with Crippen LogP contribution in [0.25, 0.3) is 0 Å². The summed E-state index contributed by atoms with van der Waals surface area (Å²) in [4.78, 5) is 26.4. The number of nitrogens with zero attached hydrogens (tertiary/aromatic N) is 2. The first kappa shape index (κ1) is 21.5. The molecule has 1 aliphatic rings. The fourth-order valence-corrected chi connectivity index (χ4v) is 3.54. The van der Waals surface area contributed by atoms with Crippen LogP contribution in [0.2, 0.25) is 0 Å². The topological polar surface area (TPSA) is 103 Å². The minimum atomic E-state index is -0.456. The van der Waals surface area contributed by atoms with E-state index >= 15 is 0 Å². The summed E-state index contributed by atoms with van der Waals surface area (Å²) in [5.74, 6) is -0.155. The van der Waals surface area contributed by atoms with Gasteiger partial charge in [0.1, 0.15) is 12.7 Å². The lowest BCUT2D eigenvalue weighted by molar-refractivity contribution is -0.161. The number of nitriles is 1. The molecule has 2 aromatic rings. The Morgan fingerprint density at radius 3 is 2.67 bits per heavy atom. The number of nitrogens with one attached hydrogen (secondary N) is 1. The van der Waals surface area contributed by atoms with Crippen molar-refractivity contribution in [2.24, 2.45) is 5.92 Å². The molecule has 2 N–H and O–H groups in total. The van der Waals surface area contributed by atoms with Gasteiger partial charge >= 0.3 is 0 Å². The fraction of sp³-hybridized carbons (Fsp3) is 0.348. The normalized spacial score (nSPS) is 18.9. The number of hydrogen-bond donors (Lipinski definition) is 2. The van der Waals surface area contributed by atoms with Crippen molar-refractivity contribution in [3.05, 3.63) is 65.2 Å². The third kappa shape index (κ3) is 4.85. The van der Waals surface area contributed by atoms with Crippen LogP contribution in [0.15, 0.2) is 48.5 Å². The van der Waals surface area contributed by atoms with Gasteiger partial charge in [-0.3, -0.25) is 9.59 Å². The Hall–Kier alpha value is -3.21. The number of aliphatic hydroxyl groups excluding tert-OH is 1. The number of anilines is 1. The molecule has 30 heavy (non-hydrogen) atoms. The van der Waals surface area contributed by atoms with Gasteiger partial charge in [-0.1, -0.05) is 32.0 Å². The highest BCUT2D eigenvalue weighted by atomic mass is 16.5. The summed E-state index contributed by atoms with van der Waals surface area (Å²) >= 11 is 0. The van der Waals surface area contributed by atoms with Crippen molar-refractivity contribution in [3.63, 3.8) is 0 Å². The fourth-order valence-electron chi connectivity index (χ4n) is 3.54. The molecule has 0 bridgehead atoms. The molecule has 7 heteroatoms. The maximum atomic E-state index is 12.4. The molecule has 0 saturated carbocycles. The van der Waals surface area contributed by atoms with Gasteiger partial charge in [0.2, 0.25) is 5.91 Å². The van der Waals surface area contributed by atoms with E-state index in [1.165, 1.54) is 6.07 Å². The zero-order valence-corrected chi connectivity index (χ0v) is 17.0. The molecule has 2 aromatic carbocycles. The summed E-state index contributed by atoms with van der Waals surface area (Å²) in [6, 6.07) is 15.2. The van der Waals surface area contributed by atoms with Gasteiger partial charge in [0, 0.05) is 17.8 Å². The predicted molar refractivity (Wildman–Crippen MR) is 112 cm³/mol. The smallest absolute Gasteiger partial charge is 0.255 e. The first-order chi connectivity index (χ1) is 14.4. The number of carbonyl (C=O) groups excluding carboxylic acids is 2. The molecule has 0 aliphatic carbocycles. The van der Waals surface area contributed by atoms with Crippen molar-refractivity contribution >= 4 is 17.5 Å². The highest BCUT2D eigenvalue weighted by molar-refractivity contribution is 6.04. The molecule has 0 spiro atoms. The number of benzene rings is 2. The minimum Gasteiger partial charge on any atom is -0.394 e. The molecule has 1 heterocycles. The van der Waals surface area contributed by atoms with Crippen LogP contribution >= 0.6 is 0 Å². The summed E-state index contributed by atoms with van der Waals surface area (Å²) < 4.78 is 5.74. The van der Waals surface area contributed by atoms with Crippen LogP contribution in [0, 0.1) is 17.2 Å². The number of aliphatic hydroxyl groups is 1. The van der Waals surface area contributed by atoms with Crippen LogP contribution < -0.4 is 5.32 Å². The Balaban J connectivity index is 1.73. The summed E-state index contributed by atoms with van der Waals surface area (Å²) in [7, 11) is 0. The molecule has 7 nitrogen and oxygen atoms in total. The summed E-state index contributed by atoms with van der Waals surface area (Å²) in [5, 5.41) is 21.7. The molecule has 2 amide bonds. The van der Waals surface area contributed by atoms with Crippen LogP contribution in [0.5, 0.6) is 0 Å². The van der Waals surface area contributed by atoms with Crippen LogP contribution in [0.3, 0.4) is 0 Å². The lowest BCUT2D eigenvalue weighted by atomic mass is 9.98. The number of rotatable bonds is 6. The Morgan fingerprint density at radius 1 is 1.30 bits per heavy atom. The van der Waals surface area contributed by atoms with Gasteiger partial charge in [0.15, 0.2) is 0 Å². The molecule has 1 fully saturated rings. The van der Waals surface area contributed by atoms with Gasteiger partial charge < -0.3 is 20.1 Å². The van der Waals surface area contributed by atoms with Crippen molar-refractivity contribution in [2.45, 2.75) is 26.0 Å². The first-order valence-corrected chi connectivity index (χ1v) is 9.86. The van der Waals surface area contributed by atoms with E-state index in [9.17, 15) is 14.7 Å². The second-order valence-corrected chi connectivity index (χ2v) is 7.69. The molecule has 0 radical (unpaired) electrons. The minimum absolute atomic E-state index is 0.0262. The molecule has 3 rings (SSSR count). The van der Waals surface area contributed by atoms with E-state index in [1.807, 2.05) is 32.0 Å². The average molecular weight is 407 g/mol. The lowest BCUT2D eigenvalue weighted by Gasteiger charge is -2.41. The standard InChI is InChI=1S/C23H25N3O4/c1-15(2)12-26-20(13-27)22(30-14-21(26)28)17-6-8-19(9-7-17)25-23(29)18-5-3-4-16(10-18)11-24/h3-10,15,20,22,27H,12-14H2,1-2H3,(H,25,29). The van der Waals surface area contributed by atoms with E-state index in [-0.39, 0.29) is 30.9 Å². The molecular weight excluding hydrogens is 382 g/mol. The number of ether oxygens (including phenoxy) is 1. The quantitative estimate of drug-likeness (QED) is 0.766. The molecule has 2 atom stereocenters. The summed E-state index contributed by atoms with van der Waals surface area (Å²) in [5.41, 5.74) is 2.23. The van der Waals surface area contributed by atoms with E-state index in [0.29, 0.717) is 23.4 Å². The third-order valence-corrected chi connectivity index (χ3v) is 4.96. The summed E-state index contributed by atoms with van der Waals surface area (Å²) in [6.45, 7) is 4.38. The maximum absolute atomic E-state index is 12.4. The average Bonchev–Trinajstić information content (AvgIpc) is 2.75. The maximum Gasteiger partial charge on any atom is 0.255 e. The Morgan fingerprint density at radius 2 is 2.03 bits per heavy atom. The zero-order chi connectivity index (χ0) is 21.7. The predicted octanol–water partition coefficient (Wildman–Crippen LogP) is 2.73. The van der Waals surface area contributed by atoms with E-state index in [4.69, 9.17) is 10.00 Å². The lowest BCUT2D eigenvalue weighted by Crippen LogP contribution is -2.53. The molecule has 1 aliphatic heterocycles.